The molecule has 21 heavy (non-hydrogen) atoms. The molecule has 0 aliphatic carbocycles. The van der Waals surface area contributed by atoms with Gasteiger partial charge in [-0.05, 0) is 13.8 Å². The van der Waals surface area contributed by atoms with Gasteiger partial charge in [-0.2, -0.15) is 0 Å². The first kappa shape index (κ1) is 16.1. The van der Waals surface area contributed by atoms with Crippen LogP contribution >= 0.6 is 11.8 Å². The Morgan fingerprint density at radius 2 is 1.95 bits per heavy atom. The van der Waals surface area contributed by atoms with Crippen LogP contribution < -0.4 is 4.90 Å². The van der Waals surface area contributed by atoms with Gasteiger partial charge in [0, 0.05) is 33.2 Å². The molecular formula is C13H23N5O2S. The number of hydrogen-bond donors (Lipinski definition) is 0. The molecule has 0 aromatic carbocycles. The first-order valence-electron chi connectivity index (χ1n) is 7.30. The average molecular weight is 313 g/mol. The van der Waals surface area contributed by atoms with Crippen molar-refractivity contribution in [2.75, 3.05) is 50.0 Å². The van der Waals surface area contributed by atoms with Gasteiger partial charge < -0.3 is 14.5 Å². The molecule has 118 valence electrons. The number of morpholine rings is 1. The lowest BCUT2D eigenvalue weighted by Gasteiger charge is -2.27. The second-order valence-electron chi connectivity index (χ2n) is 4.80. The molecule has 1 aromatic rings. The maximum atomic E-state index is 12.0. The van der Waals surface area contributed by atoms with Crippen molar-refractivity contribution in [2.45, 2.75) is 19.0 Å². The number of hydrogen-bond acceptors (Lipinski definition) is 6. The number of anilines is 1. The van der Waals surface area contributed by atoms with Crippen molar-refractivity contribution in [1.82, 2.24) is 19.7 Å². The minimum absolute atomic E-state index is 0.140. The summed E-state index contributed by atoms with van der Waals surface area (Å²) >= 11 is 1.44. The summed E-state index contributed by atoms with van der Waals surface area (Å²) < 4.78 is 7.29. The van der Waals surface area contributed by atoms with Crippen molar-refractivity contribution >= 4 is 23.6 Å². The lowest BCUT2D eigenvalue weighted by atomic mass is 10.4. The highest BCUT2D eigenvalue weighted by molar-refractivity contribution is 7.99. The summed E-state index contributed by atoms with van der Waals surface area (Å²) in [5.74, 6) is 1.38. The van der Waals surface area contributed by atoms with E-state index in [2.05, 4.69) is 15.1 Å². The van der Waals surface area contributed by atoms with Crippen LogP contribution in [0.5, 0.6) is 0 Å². The minimum Gasteiger partial charge on any atom is -0.378 e. The molecule has 0 spiro atoms. The topological polar surface area (TPSA) is 63.5 Å². The van der Waals surface area contributed by atoms with Crippen LogP contribution in [0.4, 0.5) is 5.95 Å². The SMILES string of the molecule is CCN(CC)C(=O)CSc1nnc(N2CCOCC2)n1C. The molecule has 0 saturated carbocycles. The van der Waals surface area contributed by atoms with Crippen LogP contribution in [0.3, 0.4) is 0 Å². The number of thioether (sulfide) groups is 1. The molecule has 0 unspecified atom stereocenters. The van der Waals surface area contributed by atoms with Crippen LogP contribution in [0.2, 0.25) is 0 Å². The second kappa shape index (κ2) is 7.65. The monoisotopic (exact) mass is 313 g/mol. The third-order valence-electron chi connectivity index (χ3n) is 3.55. The Labute approximate surface area is 129 Å². The molecule has 0 atom stereocenters. The van der Waals surface area contributed by atoms with Gasteiger partial charge in [-0.25, -0.2) is 0 Å². The number of ether oxygens (including phenoxy) is 1. The van der Waals surface area contributed by atoms with Gasteiger partial charge in [-0.1, -0.05) is 11.8 Å². The van der Waals surface area contributed by atoms with E-state index in [1.165, 1.54) is 11.8 Å². The van der Waals surface area contributed by atoms with Gasteiger partial charge in [0.15, 0.2) is 5.16 Å². The van der Waals surface area contributed by atoms with E-state index in [9.17, 15) is 4.79 Å². The van der Waals surface area contributed by atoms with Gasteiger partial charge in [0.1, 0.15) is 0 Å². The summed E-state index contributed by atoms with van der Waals surface area (Å²) in [6, 6.07) is 0. The van der Waals surface area contributed by atoms with Gasteiger partial charge in [-0.15, -0.1) is 10.2 Å². The van der Waals surface area contributed by atoms with E-state index in [1.54, 1.807) is 0 Å². The van der Waals surface area contributed by atoms with E-state index in [-0.39, 0.29) is 5.91 Å². The van der Waals surface area contributed by atoms with Crippen molar-refractivity contribution in [3.63, 3.8) is 0 Å². The van der Waals surface area contributed by atoms with Crippen LogP contribution in [0.1, 0.15) is 13.8 Å². The molecule has 2 heterocycles. The van der Waals surface area contributed by atoms with Gasteiger partial charge in [0.2, 0.25) is 11.9 Å². The van der Waals surface area contributed by atoms with E-state index in [0.29, 0.717) is 5.75 Å². The predicted octanol–water partition coefficient (Wildman–Crippen LogP) is 0.612. The maximum Gasteiger partial charge on any atom is 0.233 e. The highest BCUT2D eigenvalue weighted by atomic mass is 32.2. The number of rotatable bonds is 6. The molecule has 8 heteroatoms. The normalized spacial score (nSPS) is 15.3. The fourth-order valence-corrected chi connectivity index (χ4v) is 3.07. The van der Waals surface area contributed by atoms with Crippen LogP contribution in [0.25, 0.3) is 0 Å². The Morgan fingerprint density at radius 3 is 2.57 bits per heavy atom. The van der Waals surface area contributed by atoms with Gasteiger partial charge in [0.25, 0.3) is 0 Å². The average Bonchev–Trinajstić information content (AvgIpc) is 2.88. The van der Waals surface area contributed by atoms with Crippen molar-refractivity contribution in [3.05, 3.63) is 0 Å². The number of nitrogens with zero attached hydrogens (tertiary/aromatic N) is 5. The first-order valence-corrected chi connectivity index (χ1v) is 8.28. The maximum absolute atomic E-state index is 12.0. The second-order valence-corrected chi connectivity index (χ2v) is 5.74. The molecular weight excluding hydrogens is 290 g/mol. The molecule has 1 saturated heterocycles. The zero-order valence-corrected chi connectivity index (χ0v) is 13.7. The molecule has 0 bridgehead atoms. The third kappa shape index (κ3) is 3.88. The number of carbonyl (C=O) groups excluding carboxylic acids is 1. The molecule has 0 N–H and O–H groups in total. The lowest BCUT2D eigenvalue weighted by molar-refractivity contribution is -0.127. The Bertz CT molecular complexity index is 469. The molecule has 1 aliphatic rings. The van der Waals surface area contributed by atoms with Gasteiger partial charge in [0.05, 0.1) is 19.0 Å². The largest absolute Gasteiger partial charge is 0.378 e. The van der Waals surface area contributed by atoms with Crippen molar-refractivity contribution in [3.8, 4) is 0 Å². The Morgan fingerprint density at radius 1 is 1.29 bits per heavy atom. The smallest absolute Gasteiger partial charge is 0.233 e. The highest BCUT2D eigenvalue weighted by Crippen LogP contribution is 2.21. The zero-order chi connectivity index (χ0) is 15.2. The fraction of sp³-hybridized carbons (Fsp3) is 0.769. The quantitative estimate of drug-likeness (QED) is 0.717. The Hall–Kier alpha value is -1.28. The summed E-state index contributed by atoms with van der Waals surface area (Å²) in [6.07, 6.45) is 0. The molecule has 1 aliphatic heterocycles. The molecule has 1 aromatic heterocycles. The fourth-order valence-electron chi connectivity index (χ4n) is 2.27. The van der Waals surface area contributed by atoms with E-state index in [1.807, 2.05) is 30.4 Å². The van der Waals surface area contributed by atoms with E-state index in [4.69, 9.17) is 4.74 Å². The van der Waals surface area contributed by atoms with Crippen LogP contribution in [-0.2, 0) is 16.6 Å². The van der Waals surface area contributed by atoms with Crippen molar-refractivity contribution < 1.29 is 9.53 Å². The summed E-state index contributed by atoms with van der Waals surface area (Å²) in [5, 5.41) is 9.21. The summed E-state index contributed by atoms with van der Waals surface area (Å²) in [5.41, 5.74) is 0. The molecule has 1 fully saturated rings. The summed E-state index contributed by atoms with van der Waals surface area (Å²) in [7, 11) is 1.94. The number of aromatic nitrogens is 3. The standard InChI is InChI=1S/C13H23N5O2S/c1-4-17(5-2)11(19)10-21-13-15-14-12(16(13)3)18-6-8-20-9-7-18/h4-10H2,1-3H3. The molecule has 7 nitrogen and oxygen atoms in total. The van der Waals surface area contributed by atoms with Crippen molar-refractivity contribution in [1.29, 1.82) is 0 Å². The van der Waals surface area contributed by atoms with Gasteiger partial charge >= 0.3 is 0 Å². The highest BCUT2D eigenvalue weighted by Gasteiger charge is 2.19. The molecule has 1 amide bonds. The first-order chi connectivity index (χ1) is 10.2. The number of carbonyl (C=O) groups is 1. The Balaban J connectivity index is 1.95. The Kier molecular flexibility index (Phi) is 5.86. The minimum atomic E-state index is 0.140. The third-order valence-corrected chi connectivity index (χ3v) is 4.55. The van der Waals surface area contributed by atoms with Crippen LogP contribution in [0, 0.1) is 0 Å². The summed E-state index contributed by atoms with van der Waals surface area (Å²) in [6.45, 7) is 8.56. The summed E-state index contributed by atoms with van der Waals surface area (Å²) in [4.78, 5) is 16.0. The van der Waals surface area contributed by atoms with Gasteiger partial charge in [-0.3, -0.25) is 9.36 Å². The number of amides is 1. The molecule has 2 rings (SSSR count). The van der Waals surface area contributed by atoms with Crippen LogP contribution in [-0.4, -0.2) is 70.7 Å². The molecule has 0 radical (unpaired) electrons. The zero-order valence-electron chi connectivity index (χ0n) is 12.9. The van der Waals surface area contributed by atoms with Crippen molar-refractivity contribution in [2.24, 2.45) is 7.05 Å². The lowest BCUT2D eigenvalue weighted by Crippen LogP contribution is -2.37. The van der Waals surface area contributed by atoms with Crippen LogP contribution in [0.15, 0.2) is 5.16 Å². The van der Waals surface area contributed by atoms with E-state index in [0.717, 1.165) is 50.5 Å². The van der Waals surface area contributed by atoms with E-state index < -0.39 is 0 Å². The predicted molar refractivity (Wildman–Crippen MR) is 82.7 cm³/mol. The van der Waals surface area contributed by atoms with E-state index >= 15 is 0 Å².